The molecule has 0 aliphatic heterocycles. The molecule has 1 saturated carbocycles. The molecule has 24 heavy (non-hydrogen) atoms. The number of methoxy groups -OCH3 is 1. The van der Waals surface area contributed by atoms with E-state index in [-0.39, 0.29) is 23.6 Å². The second-order valence-corrected chi connectivity index (χ2v) is 5.68. The van der Waals surface area contributed by atoms with Crippen LogP contribution in [0.3, 0.4) is 0 Å². The van der Waals surface area contributed by atoms with Crippen molar-refractivity contribution in [3.63, 3.8) is 0 Å². The Morgan fingerprint density at radius 1 is 1.00 bits per heavy atom. The summed E-state index contributed by atoms with van der Waals surface area (Å²) < 4.78 is 17.6. The molecule has 1 aliphatic carbocycles. The number of carbonyl (C=O) groups is 2. The lowest BCUT2D eigenvalue weighted by molar-refractivity contribution is -0.142. The Balaban J connectivity index is 1.55. The summed E-state index contributed by atoms with van der Waals surface area (Å²) in [7, 11) is 1.39. The van der Waals surface area contributed by atoms with E-state index in [4.69, 9.17) is 4.74 Å². The summed E-state index contributed by atoms with van der Waals surface area (Å²) in [5.74, 6) is -0.405. The summed E-state index contributed by atoms with van der Waals surface area (Å²) in [6.45, 7) is 0. The monoisotopic (exact) mass is 328 g/mol. The van der Waals surface area contributed by atoms with Gasteiger partial charge in [-0.2, -0.15) is 0 Å². The second-order valence-electron chi connectivity index (χ2n) is 5.68. The first-order valence-corrected chi connectivity index (χ1v) is 7.58. The summed E-state index contributed by atoms with van der Waals surface area (Å²) in [6, 6.07) is 12.5. The molecule has 6 heteroatoms. The quantitative estimate of drug-likeness (QED) is 0.840. The number of nitrogens with one attached hydrogen (secondary N) is 2. The fourth-order valence-corrected chi connectivity index (χ4v) is 2.62. The largest absolute Gasteiger partial charge is 0.469 e. The maximum absolute atomic E-state index is 12.8. The molecule has 124 valence electrons. The number of benzene rings is 2. The standard InChI is InChI=1S/C18H17FN2O3/c1-24-17(22)16-10-15(16)11-2-6-13(7-3-11)20-18(23)21-14-8-4-12(19)5-9-14/h2-9,15-16H,10H2,1H3,(H2,20,21,23)/t15-,16+/m1/s1. The summed E-state index contributed by atoms with van der Waals surface area (Å²) in [4.78, 5) is 23.4. The lowest BCUT2D eigenvalue weighted by atomic mass is 10.1. The van der Waals surface area contributed by atoms with Gasteiger partial charge in [0.05, 0.1) is 13.0 Å². The normalized spacial score (nSPS) is 18.6. The van der Waals surface area contributed by atoms with E-state index in [1.165, 1.54) is 31.4 Å². The molecule has 2 aromatic carbocycles. The van der Waals surface area contributed by atoms with Crippen LogP contribution in [0, 0.1) is 11.7 Å². The molecule has 2 atom stereocenters. The predicted molar refractivity (Wildman–Crippen MR) is 88.3 cm³/mol. The molecule has 0 radical (unpaired) electrons. The smallest absolute Gasteiger partial charge is 0.323 e. The molecule has 2 aromatic rings. The van der Waals surface area contributed by atoms with Gasteiger partial charge < -0.3 is 15.4 Å². The lowest BCUT2D eigenvalue weighted by Gasteiger charge is -2.08. The SMILES string of the molecule is COC(=O)[C@H]1C[C@@H]1c1ccc(NC(=O)Nc2ccc(F)cc2)cc1. The Bertz CT molecular complexity index is 744. The van der Waals surface area contributed by atoms with E-state index in [9.17, 15) is 14.0 Å². The molecule has 0 unspecified atom stereocenters. The molecule has 3 rings (SSSR count). The Hall–Kier alpha value is -2.89. The van der Waals surface area contributed by atoms with Crippen LogP contribution in [0.25, 0.3) is 0 Å². The third kappa shape index (κ3) is 3.71. The van der Waals surface area contributed by atoms with Crippen LogP contribution in [0.5, 0.6) is 0 Å². The number of urea groups is 1. The van der Waals surface area contributed by atoms with E-state index >= 15 is 0 Å². The van der Waals surface area contributed by atoms with Crippen LogP contribution in [-0.2, 0) is 9.53 Å². The maximum atomic E-state index is 12.8. The summed E-state index contributed by atoms with van der Waals surface area (Å²) in [5.41, 5.74) is 2.19. The second kappa shape index (κ2) is 6.70. The number of carbonyl (C=O) groups excluding carboxylic acids is 2. The number of esters is 1. The van der Waals surface area contributed by atoms with Gasteiger partial charge in [0.2, 0.25) is 0 Å². The third-order valence-corrected chi connectivity index (χ3v) is 3.99. The van der Waals surface area contributed by atoms with Gasteiger partial charge in [-0.3, -0.25) is 4.79 Å². The van der Waals surface area contributed by atoms with Crippen LogP contribution in [0.2, 0.25) is 0 Å². The number of amides is 2. The van der Waals surface area contributed by atoms with E-state index < -0.39 is 6.03 Å². The van der Waals surface area contributed by atoms with E-state index in [0.717, 1.165) is 12.0 Å². The zero-order valence-corrected chi connectivity index (χ0v) is 13.1. The van der Waals surface area contributed by atoms with Crippen LogP contribution in [-0.4, -0.2) is 19.1 Å². The average Bonchev–Trinajstić information content (AvgIpc) is 3.37. The molecule has 1 fully saturated rings. The van der Waals surface area contributed by atoms with Gasteiger partial charge in [0.1, 0.15) is 5.82 Å². The first-order valence-electron chi connectivity index (χ1n) is 7.58. The number of rotatable bonds is 4. The van der Waals surface area contributed by atoms with Crippen molar-refractivity contribution in [1.29, 1.82) is 0 Å². The molecule has 0 heterocycles. The average molecular weight is 328 g/mol. The highest BCUT2D eigenvalue weighted by atomic mass is 19.1. The first kappa shape index (κ1) is 16.0. The van der Waals surface area contributed by atoms with E-state index in [1.807, 2.05) is 12.1 Å². The van der Waals surface area contributed by atoms with Crippen LogP contribution in [0.1, 0.15) is 17.9 Å². The summed E-state index contributed by atoms with van der Waals surface area (Å²) >= 11 is 0. The van der Waals surface area contributed by atoms with Crippen molar-refractivity contribution >= 4 is 23.4 Å². The van der Waals surface area contributed by atoms with Crippen LogP contribution in [0.15, 0.2) is 48.5 Å². The number of hydrogen-bond acceptors (Lipinski definition) is 3. The molecular weight excluding hydrogens is 311 g/mol. The minimum Gasteiger partial charge on any atom is -0.469 e. The molecule has 0 aromatic heterocycles. The highest BCUT2D eigenvalue weighted by Gasteiger charge is 2.44. The van der Waals surface area contributed by atoms with Crippen molar-refractivity contribution in [3.05, 3.63) is 59.9 Å². The van der Waals surface area contributed by atoms with Crippen molar-refractivity contribution < 1.29 is 18.7 Å². The lowest BCUT2D eigenvalue weighted by Crippen LogP contribution is -2.19. The van der Waals surface area contributed by atoms with Gasteiger partial charge in [-0.15, -0.1) is 0 Å². The molecule has 2 N–H and O–H groups in total. The summed E-state index contributed by atoms with van der Waals surface area (Å²) in [5, 5.41) is 5.32. The zero-order chi connectivity index (χ0) is 17.1. The summed E-state index contributed by atoms with van der Waals surface area (Å²) in [6.07, 6.45) is 0.796. The van der Waals surface area contributed by atoms with Crippen LogP contribution in [0.4, 0.5) is 20.6 Å². The predicted octanol–water partition coefficient (Wildman–Crippen LogP) is 3.75. The van der Waals surface area contributed by atoms with Gasteiger partial charge in [0.15, 0.2) is 0 Å². The highest BCUT2D eigenvalue weighted by Crippen LogP contribution is 2.48. The Morgan fingerprint density at radius 2 is 1.54 bits per heavy atom. The van der Waals surface area contributed by atoms with Crippen molar-refractivity contribution in [1.82, 2.24) is 0 Å². The van der Waals surface area contributed by atoms with E-state index in [1.54, 1.807) is 12.1 Å². The molecule has 0 saturated heterocycles. The molecule has 0 bridgehead atoms. The fraction of sp³-hybridized carbons (Fsp3) is 0.222. The Kier molecular flexibility index (Phi) is 4.46. The fourth-order valence-electron chi connectivity index (χ4n) is 2.62. The number of ether oxygens (including phenoxy) is 1. The van der Waals surface area contributed by atoms with Crippen molar-refractivity contribution in [3.8, 4) is 0 Å². The van der Waals surface area contributed by atoms with E-state index in [0.29, 0.717) is 11.4 Å². The van der Waals surface area contributed by atoms with Gasteiger partial charge in [0, 0.05) is 11.4 Å². The van der Waals surface area contributed by atoms with Crippen LogP contribution >= 0.6 is 0 Å². The Morgan fingerprint density at radius 3 is 2.08 bits per heavy atom. The topological polar surface area (TPSA) is 67.4 Å². The number of halogens is 1. The van der Waals surface area contributed by atoms with Crippen molar-refractivity contribution in [2.24, 2.45) is 5.92 Å². The number of anilines is 2. The molecule has 0 spiro atoms. The van der Waals surface area contributed by atoms with E-state index in [2.05, 4.69) is 10.6 Å². The maximum Gasteiger partial charge on any atom is 0.323 e. The minimum absolute atomic E-state index is 0.0596. The van der Waals surface area contributed by atoms with Gasteiger partial charge in [-0.25, -0.2) is 9.18 Å². The van der Waals surface area contributed by atoms with Gasteiger partial charge in [-0.1, -0.05) is 12.1 Å². The zero-order valence-electron chi connectivity index (χ0n) is 13.1. The van der Waals surface area contributed by atoms with Gasteiger partial charge in [-0.05, 0) is 54.3 Å². The van der Waals surface area contributed by atoms with Gasteiger partial charge in [0.25, 0.3) is 0 Å². The molecule has 5 nitrogen and oxygen atoms in total. The Labute approximate surface area is 138 Å². The molecule has 2 amide bonds. The first-order chi connectivity index (χ1) is 11.6. The molecule has 1 aliphatic rings. The van der Waals surface area contributed by atoms with Crippen LogP contribution < -0.4 is 10.6 Å². The number of hydrogen-bond donors (Lipinski definition) is 2. The highest BCUT2D eigenvalue weighted by molar-refractivity contribution is 5.99. The minimum atomic E-state index is -0.409. The third-order valence-electron chi connectivity index (χ3n) is 3.99. The molecular formula is C18H17FN2O3. The van der Waals surface area contributed by atoms with Crippen molar-refractivity contribution in [2.75, 3.05) is 17.7 Å². The van der Waals surface area contributed by atoms with Crippen molar-refractivity contribution in [2.45, 2.75) is 12.3 Å². The van der Waals surface area contributed by atoms with Gasteiger partial charge >= 0.3 is 12.0 Å².